The van der Waals surface area contributed by atoms with Gasteiger partial charge in [-0.3, -0.25) is 9.59 Å². The second-order valence-electron chi connectivity index (χ2n) is 6.39. The minimum Gasteiger partial charge on any atom is -0.496 e. The van der Waals surface area contributed by atoms with Crippen molar-refractivity contribution in [1.29, 1.82) is 0 Å². The lowest BCUT2D eigenvalue weighted by Crippen LogP contribution is -2.23. The smallest absolute Gasteiger partial charge is 0.326 e. The van der Waals surface area contributed by atoms with Gasteiger partial charge in [0.05, 0.1) is 30.4 Å². The van der Waals surface area contributed by atoms with Crippen molar-refractivity contribution in [2.75, 3.05) is 13.7 Å². The Kier molecular flexibility index (Phi) is 6.87. The number of ether oxygens (including phenoxy) is 2. The van der Waals surface area contributed by atoms with E-state index < -0.39 is 0 Å². The van der Waals surface area contributed by atoms with Crippen molar-refractivity contribution in [3.63, 3.8) is 0 Å². The number of thiazole rings is 1. The fourth-order valence-corrected chi connectivity index (χ4v) is 4.57. The van der Waals surface area contributed by atoms with Gasteiger partial charge in [0.25, 0.3) is 5.91 Å². The van der Waals surface area contributed by atoms with E-state index in [0.29, 0.717) is 17.2 Å². The Balaban J connectivity index is 2.01. The van der Waals surface area contributed by atoms with Crippen LogP contribution in [0.3, 0.4) is 0 Å². The Morgan fingerprint density at radius 2 is 2.00 bits per heavy atom. The zero-order chi connectivity index (χ0) is 21.0. The average molecular weight is 477 g/mol. The van der Waals surface area contributed by atoms with Crippen LogP contribution in [0.4, 0.5) is 0 Å². The maximum Gasteiger partial charge on any atom is 0.326 e. The molecule has 0 aliphatic rings. The number of benzene rings is 2. The Hall–Kier alpha value is -2.45. The van der Waals surface area contributed by atoms with E-state index in [2.05, 4.69) is 20.9 Å². The molecule has 0 spiro atoms. The maximum atomic E-state index is 12.7. The molecule has 0 unspecified atom stereocenters. The first-order valence-electron chi connectivity index (χ1n) is 9.07. The molecule has 0 saturated heterocycles. The second kappa shape index (κ2) is 9.37. The summed E-state index contributed by atoms with van der Waals surface area (Å²) < 4.78 is 14.0. The molecule has 0 bridgehead atoms. The Bertz CT molecular complexity index is 1130. The molecule has 0 aliphatic heterocycles. The van der Waals surface area contributed by atoms with E-state index in [1.54, 1.807) is 18.6 Å². The zero-order valence-electron chi connectivity index (χ0n) is 16.4. The minimum absolute atomic E-state index is 0.00461. The predicted octanol–water partition coefficient (Wildman–Crippen LogP) is 4.02. The van der Waals surface area contributed by atoms with Crippen molar-refractivity contribution in [1.82, 2.24) is 4.57 Å². The number of hydrogen-bond donors (Lipinski definition) is 0. The van der Waals surface area contributed by atoms with Crippen LogP contribution in [0.15, 0.2) is 45.9 Å². The molecule has 0 atom stereocenters. The highest BCUT2D eigenvalue weighted by atomic mass is 79.9. The van der Waals surface area contributed by atoms with Gasteiger partial charge >= 0.3 is 5.97 Å². The van der Waals surface area contributed by atoms with E-state index in [-0.39, 0.29) is 24.8 Å². The molecule has 8 heteroatoms. The summed E-state index contributed by atoms with van der Waals surface area (Å²) in [7, 11) is 1.58. The molecule has 3 aromatic rings. The number of carbonyl (C=O) groups is 2. The summed E-state index contributed by atoms with van der Waals surface area (Å²) in [6.07, 6.45) is 0.113. The quantitative estimate of drug-likeness (QED) is 0.503. The zero-order valence-corrected chi connectivity index (χ0v) is 18.8. The van der Waals surface area contributed by atoms with Crippen molar-refractivity contribution in [2.24, 2.45) is 4.99 Å². The molecule has 0 aliphatic carbocycles. The highest BCUT2D eigenvalue weighted by Gasteiger charge is 2.14. The lowest BCUT2D eigenvalue weighted by Gasteiger charge is -2.08. The van der Waals surface area contributed by atoms with Crippen LogP contribution in [0.5, 0.6) is 5.75 Å². The molecule has 6 nitrogen and oxygen atoms in total. The number of halogens is 1. The van der Waals surface area contributed by atoms with E-state index in [9.17, 15) is 9.59 Å². The van der Waals surface area contributed by atoms with Crippen molar-refractivity contribution in [2.45, 2.75) is 26.8 Å². The molecular formula is C21H21BrN2O4S. The van der Waals surface area contributed by atoms with Crippen molar-refractivity contribution in [3.8, 4) is 5.75 Å². The number of esters is 1. The van der Waals surface area contributed by atoms with E-state index in [4.69, 9.17) is 9.47 Å². The predicted molar refractivity (Wildman–Crippen MR) is 116 cm³/mol. The SMILES string of the molecule is CCOC(=O)Cn1c(=NC(=O)Cc2cc(C)ccc2OC)sc2cc(Br)ccc21. The number of fused-ring (bicyclic) bond motifs is 1. The summed E-state index contributed by atoms with van der Waals surface area (Å²) >= 11 is 4.81. The third kappa shape index (κ3) is 5.13. The number of carbonyl (C=O) groups excluding carboxylic acids is 2. The molecule has 1 heterocycles. The third-order valence-corrected chi connectivity index (χ3v) is 5.77. The Morgan fingerprint density at radius 1 is 1.21 bits per heavy atom. The van der Waals surface area contributed by atoms with E-state index in [1.807, 2.05) is 43.3 Å². The van der Waals surface area contributed by atoms with Crippen LogP contribution in [0.25, 0.3) is 10.2 Å². The van der Waals surface area contributed by atoms with Crippen molar-refractivity contribution >= 4 is 49.4 Å². The van der Waals surface area contributed by atoms with Crippen LogP contribution in [0, 0.1) is 6.92 Å². The normalized spacial score (nSPS) is 11.7. The van der Waals surface area contributed by atoms with Crippen molar-refractivity contribution in [3.05, 3.63) is 56.8 Å². The first kappa shape index (κ1) is 21.3. The van der Waals surface area contributed by atoms with E-state index in [1.165, 1.54) is 11.3 Å². The highest BCUT2D eigenvalue weighted by molar-refractivity contribution is 9.10. The van der Waals surface area contributed by atoms with Crippen LogP contribution >= 0.6 is 27.3 Å². The molecule has 0 fully saturated rings. The standard InChI is InChI=1S/C21H21BrN2O4S/c1-4-28-20(26)12-24-16-7-6-15(22)11-18(16)29-21(24)23-19(25)10-14-9-13(2)5-8-17(14)27-3/h5-9,11H,4,10,12H2,1-3H3. The third-order valence-electron chi connectivity index (χ3n) is 4.24. The van der Waals surface area contributed by atoms with Crippen LogP contribution < -0.4 is 9.54 Å². The highest BCUT2D eigenvalue weighted by Crippen LogP contribution is 2.23. The second-order valence-corrected chi connectivity index (χ2v) is 8.31. The largest absolute Gasteiger partial charge is 0.496 e. The Labute approximate surface area is 180 Å². The first-order valence-corrected chi connectivity index (χ1v) is 10.7. The molecule has 2 aromatic carbocycles. The molecule has 29 heavy (non-hydrogen) atoms. The van der Waals surface area contributed by atoms with Gasteiger partial charge in [-0.1, -0.05) is 45.0 Å². The van der Waals surface area contributed by atoms with Gasteiger partial charge in [-0.05, 0) is 38.1 Å². The molecular weight excluding hydrogens is 456 g/mol. The molecule has 152 valence electrons. The monoisotopic (exact) mass is 476 g/mol. The summed E-state index contributed by atoms with van der Waals surface area (Å²) in [5.41, 5.74) is 2.64. The Morgan fingerprint density at radius 3 is 2.72 bits per heavy atom. The molecule has 1 amide bonds. The number of hydrogen-bond acceptors (Lipinski definition) is 5. The first-order chi connectivity index (χ1) is 13.9. The van der Waals surface area contributed by atoms with Crippen LogP contribution in [0.1, 0.15) is 18.1 Å². The van der Waals surface area contributed by atoms with Gasteiger partial charge in [0.15, 0.2) is 4.80 Å². The summed E-state index contributed by atoms with van der Waals surface area (Å²) in [5, 5.41) is 0. The van der Waals surface area contributed by atoms with Gasteiger partial charge in [-0.15, -0.1) is 0 Å². The average Bonchev–Trinajstić information content (AvgIpc) is 2.98. The van der Waals surface area contributed by atoms with E-state index in [0.717, 1.165) is 25.8 Å². The van der Waals surface area contributed by atoms with Gasteiger partial charge in [0.2, 0.25) is 0 Å². The van der Waals surface area contributed by atoms with Gasteiger partial charge < -0.3 is 14.0 Å². The van der Waals surface area contributed by atoms with E-state index >= 15 is 0 Å². The fourth-order valence-electron chi connectivity index (χ4n) is 2.98. The lowest BCUT2D eigenvalue weighted by molar-refractivity contribution is -0.143. The van der Waals surface area contributed by atoms with Gasteiger partial charge in [0.1, 0.15) is 12.3 Å². The number of aryl methyl sites for hydroxylation is 1. The topological polar surface area (TPSA) is 69.9 Å². The fraction of sp³-hybridized carbons (Fsp3) is 0.286. The summed E-state index contributed by atoms with van der Waals surface area (Å²) in [6.45, 7) is 4.01. The maximum absolute atomic E-state index is 12.7. The summed E-state index contributed by atoms with van der Waals surface area (Å²) in [5.74, 6) is -0.0275. The summed E-state index contributed by atoms with van der Waals surface area (Å²) in [4.78, 5) is 29.6. The lowest BCUT2D eigenvalue weighted by atomic mass is 10.1. The van der Waals surface area contributed by atoms with Gasteiger partial charge in [-0.2, -0.15) is 4.99 Å². The molecule has 1 aromatic heterocycles. The van der Waals surface area contributed by atoms with Crippen LogP contribution in [-0.4, -0.2) is 30.2 Å². The van der Waals surface area contributed by atoms with Crippen LogP contribution in [0.2, 0.25) is 0 Å². The van der Waals surface area contributed by atoms with Gasteiger partial charge in [-0.25, -0.2) is 0 Å². The number of amides is 1. The molecule has 0 radical (unpaired) electrons. The number of nitrogens with zero attached hydrogens (tertiary/aromatic N) is 2. The number of rotatable bonds is 6. The van der Waals surface area contributed by atoms with Crippen molar-refractivity contribution < 1.29 is 19.1 Å². The van der Waals surface area contributed by atoms with Gasteiger partial charge in [0, 0.05) is 10.0 Å². The molecule has 0 saturated carbocycles. The minimum atomic E-state index is -0.371. The number of aromatic nitrogens is 1. The molecule has 3 rings (SSSR count). The number of methoxy groups -OCH3 is 1. The van der Waals surface area contributed by atoms with Crippen LogP contribution in [-0.2, 0) is 27.3 Å². The summed E-state index contributed by atoms with van der Waals surface area (Å²) in [6, 6.07) is 11.4. The molecule has 0 N–H and O–H groups in total.